The van der Waals surface area contributed by atoms with Gasteiger partial charge in [0, 0.05) is 29.2 Å². The SMILES string of the molecule is CCn1cc(C(=O)Nc2cc(C)nc3ccc(C)cc23)c(=O)c2cc(F)ccc21. The monoisotopic (exact) mass is 389 g/mol. The van der Waals surface area contributed by atoms with Gasteiger partial charge < -0.3 is 9.88 Å². The van der Waals surface area contributed by atoms with Gasteiger partial charge in [-0.05, 0) is 57.2 Å². The Morgan fingerprint density at radius 1 is 1.10 bits per heavy atom. The van der Waals surface area contributed by atoms with Gasteiger partial charge >= 0.3 is 0 Å². The molecule has 6 heteroatoms. The molecule has 4 rings (SSSR count). The van der Waals surface area contributed by atoms with E-state index >= 15 is 0 Å². The van der Waals surface area contributed by atoms with Crippen LogP contribution >= 0.6 is 0 Å². The fourth-order valence-electron chi connectivity index (χ4n) is 3.56. The standard InChI is InChI=1S/C23H20FN3O2/c1-4-27-12-18(22(28)17-11-15(24)6-8-21(17)27)23(29)26-20-10-14(3)25-19-7-5-13(2)9-16(19)20/h5-12H,4H2,1-3H3,(H,25,26,29). The minimum absolute atomic E-state index is 0.0276. The molecule has 0 atom stereocenters. The third-order valence-electron chi connectivity index (χ3n) is 4.97. The summed E-state index contributed by atoms with van der Waals surface area (Å²) in [5.74, 6) is -1.04. The molecule has 0 bridgehead atoms. The number of hydrogen-bond donors (Lipinski definition) is 1. The molecular weight excluding hydrogens is 369 g/mol. The number of carbonyl (C=O) groups is 1. The summed E-state index contributed by atoms with van der Waals surface area (Å²) < 4.78 is 15.5. The maximum Gasteiger partial charge on any atom is 0.261 e. The molecule has 0 aliphatic rings. The fraction of sp³-hybridized carbons (Fsp3) is 0.174. The number of carbonyl (C=O) groups excluding carboxylic acids is 1. The maximum atomic E-state index is 13.7. The molecule has 2 heterocycles. The minimum Gasteiger partial charge on any atom is -0.347 e. The number of nitrogens with one attached hydrogen (secondary N) is 1. The van der Waals surface area contributed by atoms with Crippen LogP contribution in [0.2, 0.25) is 0 Å². The Kier molecular flexibility index (Phi) is 4.62. The lowest BCUT2D eigenvalue weighted by Crippen LogP contribution is -2.24. The van der Waals surface area contributed by atoms with E-state index in [0.717, 1.165) is 22.2 Å². The molecule has 1 amide bonds. The molecular formula is C23H20FN3O2. The van der Waals surface area contributed by atoms with Crippen molar-refractivity contribution in [1.29, 1.82) is 0 Å². The summed E-state index contributed by atoms with van der Waals surface area (Å²) >= 11 is 0. The molecule has 0 saturated heterocycles. The second-order valence-electron chi connectivity index (χ2n) is 7.11. The predicted molar refractivity (Wildman–Crippen MR) is 113 cm³/mol. The summed E-state index contributed by atoms with van der Waals surface area (Å²) in [5, 5.41) is 3.84. The van der Waals surface area contributed by atoms with Gasteiger partial charge in [0.15, 0.2) is 0 Å². The number of aryl methyl sites for hydroxylation is 3. The predicted octanol–water partition coefficient (Wildman–Crippen LogP) is 4.58. The Hall–Kier alpha value is -3.54. The zero-order valence-electron chi connectivity index (χ0n) is 16.4. The van der Waals surface area contributed by atoms with Crippen molar-refractivity contribution in [2.45, 2.75) is 27.3 Å². The van der Waals surface area contributed by atoms with Crippen LogP contribution < -0.4 is 10.7 Å². The molecule has 0 spiro atoms. The van der Waals surface area contributed by atoms with Crippen molar-refractivity contribution in [1.82, 2.24) is 9.55 Å². The zero-order chi connectivity index (χ0) is 20.7. The lowest BCUT2D eigenvalue weighted by atomic mass is 10.1. The summed E-state index contributed by atoms with van der Waals surface area (Å²) in [6.45, 7) is 6.25. The van der Waals surface area contributed by atoms with E-state index in [0.29, 0.717) is 17.7 Å². The quantitative estimate of drug-likeness (QED) is 0.558. The van der Waals surface area contributed by atoms with Gasteiger partial charge in [0.25, 0.3) is 5.91 Å². The number of amides is 1. The number of nitrogens with zero attached hydrogens (tertiary/aromatic N) is 2. The fourth-order valence-corrected chi connectivity index (χ4v) is 3.56. The second kappa shape index (κ2) is 7.13. The Labute approximate surface area is 166 Å². The van der Waals surface area contributed by atoms with Crippen molar-refractivity contribution in [3.8, 4) is 0 Å². The molecule has 0 saturated carbocycles. The van der Waals surface area contributed by atoms with Crippen LogP contribution in [0.3, 0.4) is 0 Å². The van der Waals surface area contributed by atoms with Crippen molar-refractivity contribution in [3.63, 3.8) is 0 Å². The average molecular weight is 389 g/mol. The zero-order valence-corrected chi connectivity index (χ0v) is 16.4. The lowest BCUT2D eigenvalue weighted by molar-refractivity contribution is 0.102. The van der Waals surface area contributed by atoms with Crippen molar-refractivity contribution in [3.05, 3.63) is 81.5 Å². The van der Waals surface area contributed by atoms with Gasteiger partial charge in [-0.25, -0.2) is 4.39 Å². The Balaban J connectivity index is 1.85. The highest BCUT2D eigenvalue weighted by Gasteiger charge is 2.17. The summed E-state index contributed by atoms with van der Waals surface area (Å²) in [6.07, 6.45) is 1.53. The van der Waals surface area contributed by atoms with Crippen molar-refractivity contribution in [2.24, 2.45) is 0 Å². The van der Waals surface area contributed by atoms with E-state index in [4.69, 9.17) is 0 Å². The topological polar surface area (TPSA) is 64.0 Å². The number of aromatic nitrogens is 2. The van der Waals surface area contributed by atoms with E-state index in [-0.39, 0.29) is 10.9 Å². The average Bonchev–Trinajstić information content (AvgIpc) is 2.69. The Bertz CT molecular complexity index is 1340. The summed E-state index contributed by atoms with van der Waals surface area (Å²) in [6, 6.07) is 11.6. The normalized spacial score (nSPS) is 11.2. The number of rotatable bonds is 3. The van der Waals surface area contributed by atoms with E-state index in [1.807, 2.05) is 39.0 Å². The number of hydrogen-bond acceptors (Lipinski definition) is 3. The molecule has 0 aliphatic heterocycles. The molecule has 29 heavy (non-hydrogen) atoms. The minimum atomic E-state index is -0.531. The van der Waals surface area contributed by atoms with Gasteiger partial charge in [0.2, 0.25) is 5.43 Å². The number of halogens is 1. The highest BCUT2D eigenvalue weighted by Crippen LogP contribution is 2.25. The molecule has 0 radical (unpaired) electrons. The molecule has 2 aromatic heterocycles. The van der Waals surface area contributed by atoms with E-state index in [2.05, 4.69) is 10.3 Å². The van der Waals surface area contributed by atoms with Gasteiger partial charge in [-0.15, -0.1) is 0 Å². The number of anilines is 1. The third-order valence-corrected chi connectivity index (χ3v) is 4.97. The molecule has 4 aromatic rings. The van der Waals surface area contributed by atoms with Crippen LogP contribution in [0.15, 0.2) is 53.5 Å². The third kappa shape index (κ3) is 3.38. The lowest BCUT2D eigenvalue weighted by Gasteiger charge is -2.13. The molecule has 5 nitrogen and oxygen atoms in total. The van der Waals surface area contributed by atoms with Crippen LogP contribution in [-0.4, -0.2) is 15.5 Å². The van der Waals surface area contributed by atoms with E-state index in [1.54, 1.807) is 16.7 Å². The van der Waals surface area contributed by atoms with Gasteiger partial charge in [-0.2, -0.15) is 0 Å². The largest absolute Gasteiger partial charge is 0.347 e. The molecule has 0 aliphatic carbocycles. The molecule has 0 unspecified atom stereocenters. The van der Waals surface area contributed by atoms with Gasteiger partial charge in [0.1, 0.15) is 11.4 Å². The van der Waals surface area contributed by atoms with Gasteiger partial charge in [0.05, 0.1) is 16.7 Å². The first kappa shape index (κ1) is 18.8. The maximum absolute atomic E-state index is 13.7. The highest BCUT2D eigenvalue weighted by molar-refractivity contribution is 6.09. The summed E-state index contributed by atoms with van der Waals surface area (Å²) in [4.78, 5) is 30.4. The number of fused-ring (bicyclic) bond motifs is 2. The second-order valence-corrected chi connectivity index (χ2v) is 7.11. The van der Waals surface area contributed by atoms with Crippen molar-refractivity contribution in [2.75, 3.05) is 5.32 Å². The van der Waals surface area contributed by atoms with Gasteiger partial charge in [-0.3, -0.25) is 14.6 Å². The smallest absolute Gasteiger partial charge is 0.261 e. The van der Waals surface area contributed by atoms with E-state index < -0.39 is 17.2 Å². The van der Waals surface area contributed by atoms with E-state index in [9.17, 15) is 14.0 Å². The molecule has 2 aromatic carbocycles. The van der Waals surface area contributed by atoms with Gasteiger partial charge in [-0.1, -0.05) is 11.6 Å². The Morgan fingerprint density at radius 3 is 2.66 bits per heavy atom. The first-order chi connectivity index (χ1) is 13.9. The number of benzene rings is 2. The van der Waals surface area contributed by atoms with E-state index in [1.165, 1.54) is 18.3 Å². The van der Waals surface area contributed by atoms with Crippen LogP contribution in [0.5, 0.6) is 0 Å². The van der Waals surface area contributed by atoms with Crippen LogP contribution in [0, 0.1) is 19.7 Å². The first-order valence-electron chi connectivity index (χ1n) is 9.39. The number of pyridine rings is 2. The summed E-state index contributed by atoms with van der Waals surface area (Å²) in [5.41, 5.74) is 3.21. The first-order valence-corrected chi connectivity index (χ1v) is 9.39. The highest BCUT2D eigenvalue weighted by atomic mass is 19.1. The van der Waals surface area contributed by atoms with Crippen LogP contribution in [0.4, 0.5) is 10.1 Å². The van der Waals surface area contributed by atoms with Crippen LogP contribution in [-0.2, 0) is 6.54 Å². The van der Waals surface area contributed by atoms with Crippen LogP contribution in [0.1, 0.15) is 28.5 Å². The van der Waals surface area contributed by atoms with Crippen molar-refractivity contribution < 1.29 is 9.18 Å². The van der Waals surface area contributed by atoms with Crippen LogP contribution in [0.25, 0.3) is 21.8 Å². The molecule has 0 fully saturated rings. The summed E-state index contributed by atoms with van der Waals surface area (Å²) in [7, 11) is 0. The molecule has 1 N–H and O–H groups in total. The van der Waals surface area contributed by atoms with Crippen molar-refractivity contribution >= 4 is 33.4 Å². The Morgan fingerprint density at radius 2 is 1.90 bits per heavy atom. The molecule has 146 valence electrons.